The standard InChI is InChI=1S/C70H49N5/c1-7-19-54(20-8-1)66-49-67(72-70(71-66)56-21-9-2-10-22-56)55-37-35-52(36-38-55)50-31-33-51(34-32-50)53-39-41-61(42-40-53)75-68-45-43-62(73(57-23-11-3-12-24-57)58-25-13-4-14-26-58)47-64(68)65-48-63(44-46-69(65)75)74(59-27-15-5-16-28-59)60-29-17-6-18-30-60/h1-49H. The minimum Gasteiger partial charge on any atom is -0.310 e. The molecule has 0 N–H and O–H groups in total. The lowest BCUT2D eigenvalue weighted by Crippen LogP contribution is -2.09. The smallest absolute Gasteiger partial charge is 0.160 e. The maximum absolute atomic E-state index is 5.04. The van der Waals surface area contributed by atoms with Crippen molar-refractivity contribution in [3.05, 3.63) is 297 Å². The highest BCUT2D eigenvalue weighted by molar-refractivity contribution is 6.12. The van der Waals surface area contributed by atoms with Crippen LogP contribution in [-0.4, -0.2) is 14.5 Å². The molecule has 0 fully saturated rings. The van der Waals surface area contributed by atoms with Crippen LogP contribution in [0.1, 0.15) is 0 Å². The van der Waals surface area contributed by atoms with Gasteiger partial charge in [0.05, 0.1) is 22.4 Å². The SMILES string of the molecule is c1ccc(-c2cc(-c3ccc(-c4ccc(-c5ccc(-n6c7ccc(N(c8ccccc8)c8ccccc8)cc7c7cc(N(c8ccccc8)c8ccccc8)ccc76)cc5)cc4)cc3)nc(-c3ccccc3)n2)cc1. The minimum absolute atomic E-state index is 0.710. The van der Waals surface area contributed by atoms with E-state index in [1.165, 1.54) is 10.8 Å². The summed E-state index contributed by atoms with van der Waals surface area (Å²) in [5.74, 6) is 0.710. The van der Waals surface area contributed by atoms with E-state index < -0.39 is 0 Å². The van der Waals surface area contributed by atoms with Gasteiger partial charge in [0.15, 0.2) is 5.82 Å². The fourth-order valence-electron chi connectivity index (χ4n) is 10.3. The van der Waals surface area contributed by atoms with Crippen molar-refractivity contribution in [2.75, 3.05) is 9.80 Å². The van der Waals surface area contributed by atoms with Gasteiger partial charge < -0.3 is 14.4 Å². The summed E-state index contributed by atoms with van der Waals surface area (Å²) in [6.07, 6.45) is 0. The summed E-state index contributed by atoms with van der Waals surface area (Å²) in [5.41, 5.74) is 19.4. The fourth-order valence-corrected chi connectivity index (χ4v) is 10.3. The zero-order valence-corrected chi connectivity index (χ0v) is 41.0. The predicted molar refractivity (Wildman–Crippen MR) is 313 cm³/mol. The van der Waals surface area contributed by atoms with Crippen molar-refractivity contribution >= 4 is 55.9 Å². The number of aromatic nitrogens is 3. The number of benzene rings is 11. The van der Waals surface area contributed by atoms with Gasteiger partial charge in [0.1, 0.15) is 0 Å². The van der Waals surface area contributed by atoms with E-state index in [2.05, 4.69) is 275 Å². The second-order valence-corrected chi connectivity index (χ2v) is 18.6. The summed E-state index contributed by atoms with van der Waals surface area (Å²) in [6, 6.07) is 105. The Hall–Kier alpha value is -10.1. The first-order valence-corrected chi connectivity index (χ1v) is 25.4. The van der Waals surface area contributed by atoms with Crippen LogP contribution in [0, 0.1) is 0 Å². The number of nitrogens with zero attached hydrogens (tertiary/aromatic N) is 5. The molecule has 0 aliphatic rings. The van der Waals surface area contributed by atoms with Crippen molar-refractivity contribution in [1.29, 1.82) is 0 Å². The molecule has 13 aromatic rings. The highest BCUT2D eigenvalue weighted by Gasteiger charge is 2.20. The highest BCUT2D eigenvalue weighted by Crippen LogP contribution is 2.43. The second kappa shape index (κ2) is 19.8. The molecular formula is C70H49N5. The molecule has 0 saturated carbocycles. The van der Waals surface area contributed by atoms with Gasteiger partial charge in [-0.3, -0.25) is 0 Å². The number of hydrogen-bond donors (Lipinski definition) is 0. The molecule has 0 spiro atoms. The third kappa shape index (κ3) is 8.90. The molecule has 0 bridgehead atoms. The van der Waals surface area contributed by atoms with Crippen molar-refractivity contribution in [1.82, 2.24) is 14.5 Å². The molecule has 0 amide bonds. The van der Waals surface area contributed by atoms with Crippen molar-refractivity contribution in [3.63, 3.8) is 0 Å². The lowest BCUT2D eigenvalue weighted by atomic mass is 9.98. The fraction of sp³-hybridized carbons (Fsp3) is 0. The number of hydrogen-bond acceptors (Lipinski definition) is 4. The van der Waals surface area contributed by atoms with Crippen LogP contribution in [0.25, 0.3) is 83.6 Å². The Labute approximate surface area is 437 Å². The second-order valence-electron chi connectivity index (χ2n) is 18.6. The summed E-state index contributed by atoms with van der Waals surface area (Å²) in [7, 11) is 0. The maximum atomic E-state index is 5.04. The van der Waals surface area contributed by atoms with Crippen LogP contribution < -0.4 is 9.80 Å². The van der Waals surface area contributed by atoms with Crippen LogP contribution in [-0.2, 0) is 0 Å². The van der Waals surface area contributed by atoms with E-state index in [0.717, 1.165) is 101 Å². The van der Waals surface area contributed by atoms with Gasteiger partial charge in [-0.25, -0.2) is 9.97 Å². The first-order chi connectivity index (χ1) is 37.2. The summed E-state index contributed by atoms with van der Waals surface area (Å²) in [6.45, 7) is 0. The van der Waals surface area contributed by atoms with E-state index in [-0.39, 0.29) is 0 Å². The molecule has 75 heavy (non-hydrogen) atoms. The third-order valence-corrected chi connectivity index (χ3v) is 14.0. The van der Waals surface area contributed by atoms with E-state index in [1.807, 2.05) is 36.4 Å². The van der Waals surface area contributed by atoms with Gasteiger partial charge in [-0.15, -0.1) is 0 Å². The van der Waals surface area contributed by atoms with E-state index in [1.54, 1.807) is 0 Å². The minimum atomic E-state index is 0.710. The van der Waals surface area contributed by atoms with Crippen molar-refractivity contribution < 1.29 is 0 Å². The van der Waals surface area contributed by atoms with Crippen LogP contribution in [0.5, 0.6) is 0 Å². The largest absolute Gasteiger partial charge is 0.310 e. The Balaban J connectivity index is 0.845. The average molecular weight is 960 g/mol. The molecule has 5 heteroatoms. The molecule has 2 heterocycles. The molecule has 0 saturated heterocycles. The van der Waals surface area contributed by atoms with Gasteiger partial charge in [-0.05, 0) is 125 Å². The molecule has 0 radical (unpaired) electrons. The van der Waals surface area contributed by atoms with Crippen LogP contribution in [0.3, 0.4) is 0 Å². The molecule has 0 aliphatic heterocycles. The third-order valence-electron chi connectivity index (χ3n) is 14.0. The Bertz CT molecular complexity index is 3780. The summed E-state index contributed by atoms with van der Waals surface area (Å²) >= 11 is 0. The van der Waals surface area contributed by atoms with Crippen LogP contribution in [0.4, 0.5) is 34.1 Å². The van der Waals surface area contributed by atoms with Gasteiger partial charge in [-0.2, -0.15) is 0 Å². The molecular weight excluding hydrogens is 911 g/mol. The van der Waals surface area contributed by atoms with Crippen molar-refractivity contribution in [2.45, 2.75) is 0 Å². The number of rotatable bonds is 12. The molecule has 2 aromatic heterocycles. The first-order valence-electron chi connectivity index (χ1n) is 25.4. The number of anilines is 6. The van der Waals surface area contributed by atoms with Gasteiger partial charge in [0.25, 0.3) is 0 Å². The summed E-state index contributed by atoms with van der Waals surface area (Å²) in [4.78, 5) is 14.7. The van der Waals surface area contributed by atoms with Gasteiger partial charge in [0.2, 0.25) is 0 Å². The molecule has 13 rings (SSSR count). The quantitative estimate of drug-likeness (QED) is 0.122. The van der Waals surface area contributed by atoms with E-state index >= 15 is 0 Å². The molecule has 354 valence electrons. The predicted octanol–water partition coefficient (Wildman–Crippen LogP) is 18.8. The Morgan fingerprint density at radius 2 is 0.547 bits per heavy atom. The molecule has 0 aliphatic carbocycles. The lowest BCUT2D eigenvalue weighted by Gasteiger charge is -2.26. The summed E-state index contributed by atoms with van der Waals surface area (Å²) in [5, 5.41) is 2.33. The van der Waals surface area contributed by atoms with Crippen molar-refractivity contribution in [2.24, 2.45) is 0 Å². The van der Waals surface area contributed by atoms with E-state index in [9.17, 15) is 0 Å². The van der Waals surface area contributed by atoms with Gasteiger partial charge >= 0.3 is 0 Å². The zero-order valence-electron chi connectivity index (χ0n) is 41.0. The molecule has 5 nitrogen and oxygen atoms in total. The normalized spacial score (nSPS) is 11.2. The zero-order chi connectivity index (χ0) is 49.9. The van der Waals surface area contributed by atoms with Gasteiger partial charge in [-0.1, -0.05) is 194 Å². The molecule has 11 aromatic carbocycles. The van der Waals surface area contributed by atoms with Crippen molar-refractivity contribution in [3.8, 4) is 61.8 Å². The maximum Gasteiger partial charge on any atom is 0.160 e. The van der Waals surface area contributed by atoms with E-state index in [0.29, 0.717) is 5.82 Å². The summed E-state index contributed by atoms with van der Waals surface area (Å²) < 4.78 is 2.41. The number of fused-ring (bicyclic) bond motifs is 3. The highest BCUT2D eigenvalue weighted by atomic mass is 15.1. The topological polar surface area (TPSA) is 37.2 Å². The molecule has 0 unspecified atom stereocenters. The Morgan fingerprint density at radius 3 is 0.920 bits per heavy atom. The average Bonchev–Trinajstić information content (AvgIpc) is 3.82. The first kappa shape index (κ1) is 44.8. The Morgan fingerprint density at radius 1 is 0.240 bits per heavy atom. The number of para-hydroxylation sites is 4. The van der Waals surface area contributed by atoms with Gasteiger partial charge in [0, 0.05) is 67.3 Å². The van der Waals surface area contributed by atoms with Crippen LogP contribution in [0.2, 0.25) is 0 Å². The Kier molecular flexibility index (Phi) is 11.9. The molecule has 0 atom stereocenters. The van der Waals surface area contributed by atoms with Crippen LogP contribution in [0.15, 0.2) is 297 Å². The monoisotopic (exact) mass is 959 g/mol. The van der Waals surface area contributed by atoms with E-state index in [4.69, 9.17) is 9.97 Å². The van der Waals surface area contributed by atoms with Crippen LogP contribution >= 0.6 is 0 Å². The lowest BCUT2D eigenvalue weighted by molar-refractivity contribution is 1.18.